The molecule has 1 rings (SSSR count). The number of rotatable bonds is 10. The van der Waals surface area contributed by atoms with Crippen LogP contribution in [-0.2, 0) is 11.3 Å². The Balaban J connectivity index is 2.63. The molecule has 1 aromatic carbocycles. The average Bonchev–Trinajstić information content (AvgIpc) is 2.50. The van der Waals surface area contributed by atoms with Gasteiger partial charge in [0.15, 0.2) is 0 Å². The van der Waals surface area contributed by atoms with Crippen LogP contribution in [0, 0.1) is 0 Å². The third kappa shape index (κ3) is 4.88. The van der Waals surface area contributed by atoms with Gasteiger partial charge in [-0.2, -0.15) is 0 Å². The minimum Gasteiger partial charge on any atom is -0.496 e. The Bertz CT molecular complexity index is 372. The minimum atomic E-state index is 0.0418. The van der Waals surface area contributed by atoms with Crippen LogP contribution in [0.25, 0.3) is 0 Å². The van der Waals surface area contributed by atoms with Crippen molar-refractivity contribution in [1.29, 1.82) is 0 Å². The average molecular weight is 285 g/mol. The normalized spacial score (nSPS) is 10.4. The number of ether oxygens (including phenoxy) is 4. The molecular weight excluding hydrogens is 262 g/mol. The lowest BCUT2D eigenvalue weighted by Crippen LogP contribution is -2.20. The van der Waals surface area contributed by atoms with E-state index in [1.165, 1.54) is 0 Å². The zero-order valence-electron chi connectivity index (χ0n) is 12.3. The van der Waals surface area contributed by atoms with Crippen molar-refractivity contribution in [2.24, 2.45) is 0 Å². The number of aliphatic hydroxyl groups is 1. The summed E-state index contributed by atoms with van der Waals surface area (Å²) in [6.45, 7) is 2.22. The molecule has 0 saturated heterocycles. The van der Waals surface area contributed by atoms with Gasteiger partial charge in [-0.05, 0) is 0 Å². The van der Waals surface area contributed by atoms with Crippen LogP contribution in [0.3, 0.4) is 0 Å². The Kier molecular flexibility index (Phi) is 7.79. The molecule has 2 N–H and O–H groups in total. The predicted molar refractivity (Wildman–Crippen MR) is 75.7 cm³/mol. The van der Waals surface area contributed by atoms with Gasteiger partial charge in [-0.3, -0.25) is 0 Å². The molecule has 0 spiro atoms. The lowest BCUT2D eigenvalue weighted by Gasteiger charge is -2.15. The van der Waals surface area contributed by atoms with E-state index in [0.29, 0.717) is 43.6 Å². The largest absolute Gasteiger partial charge is 0.496 e. The van der Waals surface area contributed by atoms with Gasteiger partial charge in [0.1, 0.15) is 17.2 Å². The second kappa shape index (κ2) is 9.41. The van der Waals surface area contributed by atoms with Crippen LogP contribution < -0.4 is 19.5 Å². The Hall–Kier alpha value is -1.50. The van der Waals surface area contributed by atoms with Crippen molar-refractivity contribution >= 4 is 0 Å². The molecular formula is C14H23NO5. The number of hydrogen-bond acceptors (Lipinski definition) is 6. The molecule has 0 aliphatic heterocycles. The van der Waals surface area contributed by atoms with E-state index in [9.17, 15) is 0 Å². The maximum absolute atomic E-state index is 8.60. The lowest BCUT2D eigenvalue weighted by molar-refractivity contribution is 0.0937. The highest BCUT2D eigenvalue weighted by Crippen LogP contribution is 2.33. The van der Waals surface area contributed by atoms with Crippen molar-refractivity contribution in [2.45, 2.75) is 6.54 Å². The molecule has 0 radical (unpaired) electrons. The van der Waals surface area contributed by atoms with E-state index >= 15 is 0 Å². The molecule has 0 amide bonds. The third-order valence-corrected chi connectivity index (χ3v) is 2.78. The maximum atomic E-state index is 8.60. The molecule has 0 aliphatic carbocycles. The summed E-state index contributed by atoms with van der Waals surface area (Å²) in [6.07, 6.45) is 0. The molecule has 20 heavy (non-hydrogen) atoms. The molecule has 0 aromatic heterocycles. The quantitative estimate of drug-likeness (QED) is 0.620. The first-order valence-corrected chi connectivity index (χ1v) is 6.45. The fraction of sp³-hybridized carbons (Fsp3) is 0.571. The monoisotopic (exact) mass is 285 g/mol. The van der Waals surface area contributed by atoms with E-state index in [4.69, 9.17) is 24.1 Å². The summed E-state index contributed by atoms with van der Waals surface area (Å²) in [5.41, 5.74) is 0.929. The summed E-state index contributed by atoms with van der Waals surface area (Å²) in [5.74, 6) is 2.11. The fourth-order valence-electron chi connectivity index (χ4n) is 1.78. The summed E-state index contributed by atoms with van der Waals surface area (Å²) >= 11 is 0. The van der Waals surface area contributed by atoms with Gasteiger partial charge < -0.3 is 29.4 Å². The molecule has 1 aromatic rings. The molecule has 114 valence electrons. The van der Waals surface area contributed by atoms with Gasteiger partial charge in [0.25, 0.3) is 0 Å². The molecule has 0 fully saturated rings. The summed E-state index contributed by atoms with van der Waals surface area (Å²) in [6, 6.07) is 3.64. The number of methoxy groups -OCH3 is 3. The molecule has 6 heteroatoms. The van der Waals surface area contributed by atoms with Gasteiger partial charge in [0.2, 0.25) is 0 Å². The molecule has 0 bridgehead atoms. The number of nitrogens with one attached hydrogen (secondary N) is 1. The molecule has 0 heterocycles. The molecule has 0 atom stereocenters. The van der Waals surface area contributed by atoms with Gasteiger partial charge in [-0.15, -0.1) is 0 Å². The van der Waals surface area contributed by atoms with Gasteiger partial charge in [0.05, 0.1) is 46.7 Å². The van der Waals surface area contributed by atoms with Crippen molar-refractivity contribution in [2.75, 3.05) is 47.7 Å². The van der Waals surface area contributed by atoms with Crippen LogP contribution in [0.15, 0.2) is 12.1 Å². The first-order valence-electron chi connectivity index (χ1n) is 6.45. The smallest absolute Gasteiger partial charge is 0.130 e. The van der Waals surface area contributed by atoms with Crippen LogP contribution in [0.5, 0.6) is 17.2 Å². The maximum Gasteiger partial charge on any atom is 0.130 e. The van der Waals surface area contributed by atoms with E-state index in [1.54, 1.807) is 21.3 Å². The SMILES string of the molecule is COc1cc(OC)c(CNCCOCCO)c(OC)c1. The standard InChI is InChI=1S/C14H23NO5/c1-17-11-8-13(18-2)12(14(9-11)19-3)10-15-4-6-20-7-5-16/h8-9,15-16H,4-7,10H2,1-3H3. The van der Waals surface area contributed by atoms with Crippen molar-refractivity contribution < 1.29 is 24.1 Å². The number of aliphatic hydroxyl groups excluding tert-OH is 1. The molecule has 0 saturated carbocycles. The third-order valence-electron chi connectivity index (χ3n) is 2.78. The fourth-order valence-corrected chi connectivity index (χ4v) is 1.78. The second-order valence-corrected chi connectivity index (χ2v) is 4.02. The van der Waals surface area contributed by atoms with Crippen LogP contribution >= 0.6 is 0 Å². The summed E-state index contributed by atoms with van der Waals surface area (Å²) in [4.78, 5) is 0. The summed E-state index contributed by atoms with van der Waals surface area (Å²) < 4.78 is 21.1. The van der Waals surface area contributed by atoms with E-state index in [0.717, 1.165) is 5.56 Å². The highest BCUT2D eigenvalue weighted by Gasteiger charge is 2.12. The molecule has 0 aliphatic rings. The number of benzene rings is 1. The zero-order valence-corrected chi connectivity index (χ0v) is 12.3. The zero-order chi connectivity index (χ0) is 14.8. The summed E-state index contributed by atoms with van der Waals surface area (Å²) in [7, 11) is 4.83. The predicted octanol–water partition coefficient (Wildman–Crippen LogP) is 0.811. The van der Waals surface area contributed by atoms with E-state index in [1.807, 2.05) is 12.1 Å². The Labute approximate surface area is 119 Å². The van der Waals surface area contributed by atoms with Gasteiger partial charge in [-0.1, -0.05) is 0 Å². The highest BCUT2D eigenvalue weighted by atomic mass is 16.5. The van der Waals surface area contributed by atoms with E-state index in [-0.39, 0.29) is 6.61 Å². The van der Waals surface area contributed by atoms with Crippen LogP contribution in [0.1, 0.15) is 5.56 Å². The van der Waals surface area contributed by atoms with Crippen molar-refractivity contribution in [3.63, 3.8) is 0 Å². The van der Waals surface area contributed by atoms with E-state index in [2.05, 4.69) is 5.32 Å². The van der Waals surface area contributed by atoms with Crippen molar-refractivity contribution in [3.8, 4) is 17.2 Å². The Morgan fingerprint density at radius 2 is 1.65 bits per heavy atom. The van der Waals surface area contributed by atoms with Crippen molar-refractivity contribution in [1.82, 2.24) is 5.32 Å². The topological polar surface area (TPSA) is 69.2 Å². The van der Waals surface area contributed by atoms with Gasteiger partial charge >= 0.3 is 0 Å². The van der Waals surface area contributed by atoms with Gasteiger partial charge in [0, 0.05) is 25.2 Å². The lowest BCUT2D eigenvalue weighted by atomic mass is 10.1. The van der Waals surface area contributed by atoms with E-state index < -0.39 is 0 Å². The van der Waals surface area contributed by atoms with Gasteiger partial charge in [-0.25, -0.2) is 0 Å². The molecule has 0 unspecified atom stereocenters. The van der Waals surface area contributed by atoms with Crippen LogP contribution in [0.4, 0.5) is 0 Å². The number of hydrogen-bond donors (Lipinski definition) is 2. The Morgan fingerprint density at radius 1 is 1.00 bits per heavy atom. The summed E-state index contributed by atoms with van der Waals surface area (Å²) in [5, 5.41) is 11.8. The minimum absolute atomic E-state index is 0.0418. The van der Waals surface area contributed by atoms with Crippen LogP contribution in [0.2, 0.25) is 0 Å². The highest BCUT2D eigenvalue weighted by molar-refractivity contribution is 5.50. The van der Waals surface area contributed by atoms with Crippen molar-refractivity contribution in [3.05, 3.63) is 17.7 Å². The first-order chi connectivity index (χ1) is 9.76. The van der Waals surface area contributed by atoms with Crippen LogP contribution in [-0.4, -0.2) is 52.8 Å². The molecule has 6 nitrogen and oxygen atoms in total. The first kappa shape index (κ1) is 16.6. The second-order valence-electron chi connectivity index (χ2n) is 4.02. The Morgan fingerprint density at radius 3 is 2.15 bits per heavy atom.